The van der Waals surface area contributed by atoms with Gasteiger partial charge in [-0.15, -0.1) is 0 Å². The van der Waals surface area contributed by atoms with Crippen molar-refractivity contribution in [3.63, 3.8) is 0 Å². The first-order chi connectivity index (χ1) is 10.3. The second-order valence-electron chi connectivity index (χ2n) is 5.00. The van der Waals surface area contributed by atoms with Crippen LogP contribution in [0.3, 0.4) is 0 Å². The molecular weight excluding hydrogens is 262 g/mol. The van der Waals surface area contributed by atoms with Crippen LogP contribution in [0.1, 0.15) is 30.6 Å². The molecule has 0 spiro atoms. The van der Waals surface area contributed by atoms with Crippen LogP contribution in [0.4, 0.5) is 0 Å². The monoisotopic (exact) mass is 281 g/mol. The summed E-state index contributed by atoms with van der Waals surface area (Å²) < 4.78 is 2.00. The van der Waals surface area contributed by atoms with Crippen LogP contribution in [0.25, 0.3) is 10.9 Å². The van der Waals surface area contributed by atoms with Gasteiger partial charge in [-0.25, -0.2) is 5.43 Å². The van der Waals surface area contributed by atoms with E-state index in [1.807, 2.05) is 35.1 Å². The lowest BCUT2D eigenvalue weighted by Crippen LogP contribution is -2.31. The number of hydrogen-bond acceptors (Lipinski definition) is 4. The molecule has 1 aromatic carbocycles. The average molecular weight is 281 g/mol. The highest BCUT2D eigenvalue weighted by Crippen LogP contribution is 2.27. The summed E-state index contributed by atoms with van der Waals surface area (Å²) in [6, 6.07) is 12.0. The van der Waals surface area contributed by atoms with Gasteiger partial charge < -0.3 is 0 Å². The minimum absolute atomic E-state index is 0.105. The zero-order valence-electron chi connectivity index (χ0n) is 12.0. The van der Waals surface area contributed by atoms with Crippen LogP contribution >= 0.6 is 0 Å². The molecule has 0 aliphatic rings. The number of nitrogens with one attached hydrogen (secondary N) is 1. The third-order valence-corrected chi connectivity index (χ3v) is 3.64. The summed E-state index contributed by atoms with van der Waals surface area (Å²) in [4.78, 5) is 4.41. The Morgan fingerprint density at radius 1 is 1.19 bits per heavy atom. The van der Waals surface area contributed by atoms with Crippen LogP contribution in [0.15, 0.2) is 48.8 Å². The topological polar surface area (TPSA) is 68.8 Å². The van der Waals surface area contributed by atoms with Crippen molar-refractivity contribution in [1.29, 1.82) is 0 Å². The first-order valence-electron chi connectivity index (χ1n) is 7.16. The van der Waals surface area contributed by atoms with E-state index in [9.17, 15) is 0 Å². The van der Waals surface area contributed by atoms with E-state index in [0.29, 0.717) is 0 Å². The van der Waals surface area contributed by atoms with Crippen molar-refractivity contribution in [3.8, 4) is 0 Å². The van der Waals surface area contributed by atoms with E-state index in [1.165, 1.54) is 0 Å². The molecule has 2 aromatic heterocycles. The largest absolute Gasteiger partial charge is 0.271 e. The van der Waals surface area contributed by atoms with Gasteiger partial charge in [0.15, 0.2) is 0 Å². The molecule has 21 heavy (non-hydrogen) atoms. The maximum Gasteiger partial charge on any atom is 0.0884 e. The highest BCUT2D eigenvalue weighted by atomic mass is 15.3. The Hall–Kier alpha value is -2.24. The van der Waals surface area contributed by atoms with Crippen molar-refractivity contribution < 1.29 is 0 Å². The van der Waals surface area contributed by atoms with Gasteiger partial charge in [0.05, 0.1) is 17.3 Å². The van der Waals surface area contributed by atoms with Crippen LogP contribution in [0.5, 0.6) is 0 Å². The molecule has 2 heterocycles. The van der Waals surface area contributed by atoms with Gasteiger partial charge in [-0.1, -0.05) is 25.1 Å². The number of aryl methyl sites for hydroxylation is 1. The van der Waals surface area contributed by atoms with E-state index >= 15 is 0 Å². The molecule has 5 nitrogen and oxygen atoms in total. The Morgan fingerprint density at radius 2 is 2.10 bits per heavy atom. The number of nitrogens with two attached hydrogens (primary N) is 1. The summed E-state index contributed by atoms with van der Waals surface area (Å²) in [5.41, 5.74) is 6.07. The summed E-state index contributed by atoms with van der Waals surface area (Å²) in [5, 5.41) is 5.49. The molecule has 0 fully saturated rings. The lowest BCUT2D eigenvalue weighted by molar-refractivity contribution is 0.522. The summed E-state index contributed by atoms with van der Waals surface area (Å²) in [6.45, 7) is 3.02. The average Bonchev–Trinajstić information content (AvgIpc) is 2.97. The number of pyridine rings is 1. The van der Waals surface area contributed by atoms with Gasteiger partial charge in [0.25, 0.3) is 0 Å². The second-order valence-corrected chi connectivity index (χ2v) is 5.00. The molecule has 3 rings (SSSR count). The highest BCUT2D eigenvalue weighted by Gasteiger charge is 2.19. The number of fused-ring (bicyclic) bond motifs is 1. The van der Waals surface area contributed by atoms with Crippen molar-refractivity contribution in [2.75, 3.05) is 0 Å². The lowest BCUT2D eigenvalue weighted by atomic mass is 9.99. The van der Waals surface area contributed by atoms with Crippen molar-refractivity contribution >= 4 is 10.9 Å². The van der Waals surface area contributed by atoms with Crippen LogP contribution < -0.4 is 11.3 Å². The molecule has 0 aliphatic heterocycles. The first kappa shape index (κ1) is 13.7. The smallest absolute Gasteiger partial charge is 0.0884 e. The number of benzene rings is 1. The van der Waals surface area contributed by atoms with E-state index < -0.39 is 0 Å². The van der Waals surface area contributed by atoms with Gasteiger partial charge >= 0.3 is 0 Å². The molecule has 5 heteroatoms. The van der Waals surface area contributed by atoms with Gasteiger partial charge in [-0.05, 0) is 30.2 Å². The maximum atomic E-state index is 5.84. The van der Waals surface area contributed by atoms with Crippen LogP contribution in [-0.2, 0) is 6.54 Å². The molecule has 0 bridgehead atoms. The fraction of sp³-hybridized carbons (Fsp3) is 0.250. The third-order valence-electron chi connectivity index (χ3n) is 3.64. The number of rotatable bonds is 5. The predicted molar refractivity (Wildman–Crippen MR) is 83.4 cm³/mol. The molecule has 108 valence electrons. The van der Waals surface area contributed by atoms with Crippen molar-refractivity contribution in [3.05, 3.63) is 60.0 Å². The molecule has 0 aliphatic carbocycles. The van der Waals surface area contributed by atoms with Gasteiger partial charge in [0, 0.05) is 24.3 Å². The van der Waals surface area contributed by atoms with E-state index in [1.54, 1.807) is 6.20 Å². The molecule has 3 N–H and O–H groups in total. The summed E-state index contributed by atoms with van der Waals surface area (Å²) in [7, 11) is 0. The zero-order chi connectivity index (χ0) is 14.7. The number of nitrogens with zero attached hydrogens (tertiary/aromatic N) is 3. The first-order valence-corrected chi connectivity index (χ1v) is 7.16. The third kappa shape index (κ3) is 2.53. The van der Waals surface area contributed by atoms with Crippen LogP contribution in [-0.4, -0.2) is 14.8 Å². The molecule has 3 aromatic rings. The van der Waals surface area contributed by atoms with Crippen molar-refractivity contribution in [2.24, 2.45) is 5.84 Å². The summed E-state index contributed by atoms with van der Waals surface area (Å²) in [6.07, 6.45) is 4.65. The highest BCUT2D eigenvalue weighted by molar-refractivity contribution is 5.82. The van der Waals surface area contributed by atoms with E-state index in [2.05, 4.69) is 34.6 Å². The molecular formula is C16H19N5. The van der Waals surface area contributed by atoms with E-state index in [4.69, 9.17) is 5.84 Å². The fourth-order valence-electron chi connectivity index (χ4n) is 2.70. The SMILES string of the molecule is CCCn1nccc1C(NN)c1cccc2ncccc12. The quantitative estimate of drug-likeness (QED) is 0.556. The van der Waals surface area contributed by atoms with Gasteiger partial charge in [-0.3, -0.25) is 15.5 Å². The predicted octanol–water partition coefficient (Wildman–Crippen LogP) is 2.39. The molecule has 0 amide bonds. The minimum Gasteiger partial charge on any atom is -0.271 e. The molecule has 0 saturated heterocycles. The van der Waals surface area contributed by atoms with Crippen molar-refractivity contribution in [2.45, 2.75) is 25.9 Å². The Labute approximate surface area is 123 Å². The Morgan fingerprint density at radius 3 is 2.90 bits per heavy atom. The van der Waals surface area contributed by atoms with E-state index in [-0.39, 0.29) is 6.04 Å². The number of hydrazine groups is 1. The van der Waals surface area contributed by atoms with Crippen LogP contribution in [0, 0.1) is 0 Å². The molecule has 0 saturated carbocycles. The standard InChI is InChI=1S/C16H19N5/c1-2-11-21-15(8-10-19-21)16(20-17)13-5-3-7-14-12(13)6-4-9-18-14/h3-10,16,20H,2,11,17H2,1H3. The Kier molecular flexibility index (Phi) is 3.94. The van der Waals surface area contributed by atoms with Crippen LogP contribution in [0.2, 0.25) is 0 Å². The van der Waals surface area contributed by atoms with Crippen molar-refractivity contribution in [1.82, 2.24) is 20.2 Å². The van der Waals surface area contributed by atoms with E-state index in [0.717, 1.165) is 35.1 Å². The normalized spacial score (nSPS) is 12.7. The van der Waals surface area contributed by atoms with Gasteiger partial charge in [0.1, 0.15) is 0 Å². The van der Waals surface area contributed by atoms with Gasteiger partial charge in [-0.2, -0.15) is 5.10 Å². The Bertz CT molecular complexity index is 729. The Balaban J connectivity index is 2.12. The number of hydrogen-bond donors (Lipinski definition) is 2. The van der Waals surface area contributed by atoms with Gasteiger partial charge in [0.2, 0.25) is 0 Å². The summed E-state index contributed by atoms with van der Waals surface area (Å²) in [5.74, 6) is 5.84. The molecule has 1 atom stereocenters. The summed E-state index contributed by atoms with van der Waals surface area (Å²) >= 11 is 0. The second kappa shape index (κ2) is 6.03. The molecule has 1 unspecified atom stereocenters. The number of aromatic nitrogens is 3. The zero-order valence-corrected chi connectivity index (χ0v) is 12.0. The molecule has 0 radical (unpaired) electrons. The maximum absolute atomic E-state index is 5.84. The minimum atomic E-state index is -0.105. The fourth-order valence-corrected chi connectivity index (χ4v) is 2.70. The lowest BCUT2D eigenvalue weighted by Gasteiger charge is -2.19.